The molecule has 0 saturated heterocycles. The average Bonchev–Trinajstić information content (AvgIpc) is 2.54. The number of amides is 1. The second-order valence-electron chi connectivity index (χ2n) is 5.10. The quantitative estimate of drug-likeness (QED) is 0.834. The molecule has 1 amide bonds. The summed E-state index contributed by atoms with van der Waals surface area (Å²) in [4.78, 5) is 12.0. The second kappa shape index (κ2) is 7.50. The van der Waals surface area contributed by atoms with Crippen LogP contribution in [0.2, 0.25) is 0 Å². The molecule has 2 aromatic carbocycles. The molecule has 4 heteroatoms. The minimum absolute atomic E-state index is 0.118. The zero-order valence-corrected chi connectivity index (χ0v) is 13.2. The largest absolute Gasteiger partial charge is 0.497 e. The van der Waals surface area contributed by atoms with Crippen molar-refractivity contribution in [3.63, 3.8) is 0 Å². The predicted molar refractivity (Wildman–Crippen MR) is 86.7 cm³/mol. The summed E-state index contributed by atoms with van der Waals surface area (Å²) in [6.45, 7) is 4.92. The lowest BCUT2D eigenvalue weighted by molar-refractivity contribution is 0.0947. The van der Waals surface area contributed by atoms with Crippen molar-refractivity contribution >= 4 is 5.91 Å². The molecule has 1 N–H and O–H groups in total. The molecule has 22 heavy (non-hydrogen) atoms. The van der Waals surface area contributed by atoms with Gasteiger partial charge in [-0.25, -0.2) is 0 Å². The van der Waals surface area contributed by atoms with Gasteiger partial charge in [-0.15, -0.1) is 0 Å². The van der Waals surface area contributed by atoms with Gasteiger partial charge in [0, 0.05) is 5.56 Å². The first kappa shape index (κ1) is 15.9. The summed E-state index contributed by atoms with van der Waals surface area (Å²) in [5, 5.41) is 2.84. The van der Waals surface area contributed by atoms with Crippen LogP contribution in [0.15, 0.2) is 42.5 Å². The molecule has 0 saturated carbocycles. The van der Waals surface area contributed by atoms with Crippen LogP contribution in [0.5, 0.6) is 11.5 Å². The Bertz CT molecular complexity index is 635. The molecule has 2 aromatic rings. The maximum absolute atomic E-state index is 12.0. The van der Waals surface area contributed by atoms with Crippen LogP contribution >= 0.6 is 0 Å². The van der Waals surface area contributed by atoms with E-state index in [1.807, 2.05) is 32.0 Å². The van der Waals surface area contributed by atoms with Crippen LogP contribution in [0.25, 0.3) is 0 Å². The first-order valence-corrected chi connectivity index (χ1v) is 7.22. The molecule has 0 aliphatic carbocycles. The van der Waals surface area contributed by atoms with Gasteiger partial charge >= 0.3 is 0 Å². The van der Waals surface area contributed by atoms with Crippen molar-refractivity contribution in [3.05, 3.63) is 59.2 Å². The van der Waals surface area contributed by atoms with Crippen molar-refractivity contribution in [2.24, 2.45) is 0 Å². The number of benzene rings is 2. The van der Waals surface area contributed by atoms with Crippen LogP contribution < -0.4 is 14.8 Å². The summed E-state index contributed by atoms with van der Waals surface area (Å²) in [5.41, 5.74) is 2.85. The number of carbonyl (C=O) groups excluding carboxylic acids is 1. The zero-order chi connectivity index (χ0) is 15.9. The number of methoxy groups -OCH3 is 1. The highest BCUT2D eigenvalue weighted by Crippen LogP contribution is 2.18. The minimum Gasteiger partial charge on any atom is -0.497 e. The molecule has 116 valence electrons. The van der Waals surface area contributed by atoms with E-state index < -0.39 is 0 Å². The van der Waals surface area contributed by atoms with Crippen molar-refractivity contribution in [1.29, 1.82) is 0 Å². The van der Waals surface area contributed by atoms with Crippen LogP contribution in [-0.2, 0) is 0 Å². The summed E-state index contributed by atoms with van der Waals surface area (Å²) >= 11 is 0. The van der Waals surface area contributed by atoms with Gasteiger partial charge in [0.1, 0.15) is 18.1 Å². The number of nitrogens with one attached hydrogen (secondary N) is 1. The third-order valence-electron chi connectivity index (χ3n) is 3.34. The van der Waals surface area contributed by atoms with E-state index in [-0.39, 0.29) is 5.91 Å². The van der Waals surface area contributed by atoms with Crippen molar-refractivity contribution in [2.45, 2.75) is 13.8 Å². The third-order valence-corrected chi connectivity index (χ3v) is 3.34. The van der Waals surface area contributed by atoms with Gasteiger partial charge in [0.25, 0.3) is 5.91 Å². The normalized spacial score (nSPS) is 10.1. The molecule has 0 atom stereocenters. The monoisotopic (exact) mass is 299 g/mol. The Hall–Kier alpha value is -2.49. The summed E-state index contributed by atoms with van der Waals surface area (Å²) in [7, 11) is 1.60. The van der Waals surface area contributed by atoms with E-state index >= 15 is 0 Å². The molecule has 0 fully saturated rings. The lowest BCUT2D eigenvalue weighted by Gasteiger charge is -2.11. The molecule has 0 bridgehead atoms. The van der Waals surface area contributed by atoms with Crippen LogP contribution in [0.4, 0.5) is 0 Å². The fraction of sp³-hybridized carbons (Fsp3) is 0.278. The van der Waals surface area contributed by atoms with Crippen LogP contribution in [0, 0.1) is 13.8 Å². The van der Waals surface area contributed by atoms with Crippen molar-refractivity contribution in [3.8, 4) is 11.5 Å². The number of rotatable bonds is 6. The van der Waals surface area contributed by atoms with Gasteiger partial charge in [0.2, 0.25) is 0 Å². The molecule has 0 aliphatic heterocycles. The minimum atomic E-state index is -0.118. The molecule has 0 aliphatic rings. The van der Waals surface area contributed by atoms with Crippen molar-refractivity contribution in [1.82, 2.24) is 5.32 Å². The van der Waals surface area contributed by atoms with Crippen LogP contribution in [0.1, 0.15) is 21.5 Å². The predicted octanol–water partition coefficient (Wildman–Crippen LogP) is 3.12. The zero-order valence-electron chi connectivity index (χ0n) is 13.2. The number of hydrogen-bond acceptors (Lipinski definition) is 3. The smallest absolute Gasteiger partial charge is 0.251 e. The van der Waals surface area contributed by atoms with Crippen molar-refractivity contribution in [2.75, 3.05) is 20.3 Å². The van der Waals surface area contributed by atoms with Crippen molar-refractivity contribution < 1.29 is 14.3 Å². The number of aryl methyl sites for hydroxylation is 2. The van der Waals surface area contributed by atoms with E-state index in [1.165, 1.54) is 0 Å². The summed E-state index contributed by atoms with van der Waals surface area (Å²) in [6.07, 6.45) is 0. The fourth-order valence-electron chi connectivity index (χ4n) is 2.03. The van der Waals surface area contributed by atoms with E-state index in [9.17, 15) is 4.79 Å². The van der Waals surface area contributed by atoms with Gasteiger partial charge < -0.3 is 14.8 Å². The standard InChI is InChI=1S/C18H21NO3/c1-13-4-5-14(2)17(12-13)22-11-10-19-18(20)15-6-8-16(21-3)9-7-15/h4-9,12H,10-11H2,1-3H3,(H,19,20). The van der Waals surface area contributed by atoms with Gasteiger partial charge in [0.15, 0.2) is 0 Å². The average molecular weight is 299 g/mol. The highest BCUT2D eigenvalue weighted by atomic mass is 16.5. The molecule has 4 nitrogen and oxygen atoms in total. The number of carbonyl (C=O) groups is 1. The van der Waals surface area contributed by atoms with Gasteiger partial charge in [-0.05, 0) is 55.3 Å². The van der Waals surface area contributed by atoms with Gasteiger partial charge in [-0.3, -0.25) is 4.79 Å². The van der Waals surface area contributed by atoms with E-state index in [0.29, 0.717) is 18.7 Å². The maximum atomic E-state index is 12.0. The molecule has 0 aromatic heterocycles. The molecule has 0 heterocycles. The topological polar surface area (TPSA) is 47.6 Å². The number of hydrogen-bond donors (Lipinski definition) is 1. The Morgan fingerprint density at radius 1 is 1.09 bits per heavy atom. The first-order valence-electron chi connectivity index (χ1n) is 7.22. The Kier molecular flexibility index (Phi) is 5.42. The lowest BCUT2D eigenvalue weighted by atomic mass is 10.1. The highest BCUT2D eigenvalue weighted by Gasteiger charge is 2.05. The molecule has 2 rings (SSSR count). The van der Waals surface area contributed by atoms with Crippen LogP contribution in [-0.4, -0.2) is 26.2 Å². The molecular weight excluding hydrogens is 278 g/mol. The van der Waals surface area contributed by atoms with E-state index in [4.69, 9.17) is 9.47 Å². The molecule has 0 unspecified atom stereocenters. The Labute approximate surface area is 131 Å². The highest BCUT2D eigenvalue weighted by molar-refractivity contribution is 5.94. The fourth-order valence-corrected chi connectivity index (χ4v) is 2.03. The van der Waals surface area contributed by atoms with Gasteiger partial charge in [-0.1, -0.05) is 12.1 Å². The van der Waals surface area contributed by atoms with E-state index in [2.05, 4.69) is 5.32 Å². The summed E-state index contributed by atoms with van der Waals surface area (Å²) in [6, 6.07) is 13.1. The summed E-state index contributed by atoms with van der Waals surface area (Å²) < 4.78 is 10.8. The number of ether oxygens (including phenoxy) is 2. The maximum Gasteiger partial charge on any atom is 0.251 e. The Balaban J connectivity index is 1.80. The molecule has 0 radical (unpaired) electrons. The Morgan fingerprint density at radius 3 is 2.50 bits per heavy atom. The third kappa shape index (κ3) is 4.25. The van der Waals surface area contributed by atoms with E-state index in [0.717, 1.165) is 22.6 Å². The van der Waals surface area contributed by atoms with Gasteiger partial charge in [0.05, 0.1) is 13.7 Å². The Morgan fingerprint density at radius 2 is 1.82 bits per heavy atom. The molecule has 0 spiro atoms. The van der Waals surface area contributed by atoms with Gasteiger partial charge in [-0.2, -0.15) is 0 Å². The lowest BCUT2D eigenvalue weighted by Crippen LogP contribution is -2.28. The molecular formula is C18H21NO3. The summed E-state index contributed by atoms with van der Waals surface area (Å²) in [5.74, 6) is 1.47. The van der Waals surface area contributed by atoms with E-state index in [1.54, 1.807) is 31.4 Å². The first-order chi connectivity index (χ1) is 10.6. The van der Waals surface area contributed by atoms with Crippen LogP contribution in [0.3, 0.4) is 0 Å². The second-order valence-corrected chi connectivity index (χ2v) is 5.10. The SMILES string of the molecule is COc1ccc(C(=O)NCCOc2cc(C)ccc2C)cc1.